The first kappa shape index (κ1) is 14.2. The van der Waals surface area contributed by atoms with E-state index in [2.05, 4.69) is 0 Å². The molecule has 98 valence electrons. The van der Waals surface area contributed by atoms with Crippen molar-refractivity contribution in [1.82, 2.24) is 0 Å². The molecule has 0 heterocycles. The monoisotopic (exact) mass is 260 g/mol. The van der Waals surface area contributed by atoms with Gasteiger partial charge in [-0.25, -0.2) is 0 Å². The van der Waals surface area contributed by atoms with Gasteiger partial charge in [-0.1, -0.05) is 6.07 Å². The third kappa shape index (κ3) is 2.69. The van der Waals surface area contributed by atoms with Crippen LogP contribution in [0.3, 0.4) is 0 Å². The van der Waals surface area contributed by atoms with Gasteiger partial charge in [0.25, 0.3) is 0 Å². The molecule has 0 unspecified atom stereocenters. The van der Waals surface area contributed by atoms with Gasteiger partial charge in [-0.2, -0.15) is 13.2 Å². The van der Waals surface area contributed by atoms with Crippen LogP contribution in [0.15, 0.2) is 12.1 Å². The van der Waals surface area contributed by atoms with Gasteiger partial charge >= 0.3 is 6.18 Å². The van der Waals surface area contributed by atoms with Gasteiger partial charge in [-0.05, 0) is 19.9 Å². The van der Waals surface area contributed by atoms with E-state index in [0.717, 1.165) is 19.1 Å². The van der Waals surface area contributed by atoms with Crippen molar-refractivity contribution in [3.63, 3.8) is 0 Å². The van der Waals surface area contributed by atoms with Crippen molar-refractivity contribution in [2.24, 2.45) is 0 Å². The summed E-state index contributed by atoms with van der Waals surface area (Å²) in [4.78, 5) is 22.0. The summed E-state index contributed by atoms with van der Waals surface area (Å²) in [6, 6.07) is 2.13. The van der Waals surface area contributed by atoms with Crippen molar-refractivity contribution in [3.8, 4) is 5.75 Å². The Morgan fingerprint density at radius 1 is 1.39 bits per heavy atom. The summed E-state index contributed by atoms with van der Waals surface area (Å²) in [6.45, 7) is 2.60. The lowest BCUT2D eigenvalue weighted by molar-refractivity contribution is -0.139. The molecule has 1 aromatic rings. The molecule has 0 aliphatic carbocycles. The third-order valence-electron chi connectivity index (χ3n) is 2.27. The summed E-state index contributed by atoms with van der Waals surface area (Å²) in [5, 5.41) is 0. The number of rotatable bonds is 4. The molecule has 0 atom stereocenters. The van der Waals surface area contributed by atoms with Gasteiger partial charge in [-0.15, -0.1) is 0 Å². The van der Waals surface area contributed by atoms with Crippen LogP contribution in [0.2, 0.25) is 0 Å². The van der Waals surface area contributed by atoms with Crippen LogP contribution >= 0.6 is 0 Å². The summed E-state index contributed by atoms with van der Waals surface area (Å²) in [5.74, 6) is -1.14. The molecular weight excluding hydrogens is 249 g/mol. The van der Waals surface area contributed by atoms with Crippen molar-refractivity contribution < 1.29 is 27.5 Å². The summed E-state index contributed by atoms with van der Waals surface area (Å²) >= 11 is 0. The summed E-state index contributed by atoms with van der Waals surface area (Å²) < 4.78 is 43.6. The first-order valence-corrected chi connectivity index (χ1v) is 5.16. The first-order valence-electron chi connectivity index (χ1n) is 5.16. The fraction of sp³-hybridized carbons (Fsp3) is 0.333. The number of ketones is 1. The molecule has 3 nitrogen and oxygen atoms in total. The van der Waals surface area contributed by atoms with E-state index < -0.39 is 28.8 Å². The van der Waals surface area contributed by atoms with Crippen molar-refractivity contribution in [2.75, 3.05) is 6.61 Å². The highest BCUT2D eigenvalue weighted by atomic mass is 19.4. The Hall–Kier alpha value is -1.85. The van der Waals surface area contributed by atoms with Gasteiger partial charge in [0.15, 0.2) is 12.1 Å². The average Bonchev–Trinajstić information content (AvgIpc) is 2.26. The maximum atomic E-state index is 12.9. The Morgan fingerprint density at radius 2 is 2.00 bits per heavy atom. The van der Waals surface area contributed by atoms with Crippen LogP contribution in [0.5, 0.6) is 5.75 Å². The number of alkyl halides is 3. The van der Waals surface area contributed by atoms with Crippen molar-refractivity contribution in [2.45, 2.75) is 20.0 Å². The number of aldehydes is 1. The van der Waals surface area contributed by atoms with Gasteiger partial charge in [0.2, 0.25) is 0 Å². The molecule has 0 amide bonds. The Kier molecular flexibility index (Phi) is 4.11. The van der Waals surface area contributed by atoms with Gasteiger partial charge in [-0.3, -0.25) is 9.59 Å². The average molecular weight is 260 g/mol. The van der Waals surface area contributed by atoms with Crippen molar-refractivity contribution in [1.29, 1.82) is 0 Å². The lowest BCUT2D eigenvalue weighted by Gasteiger charge is -2.17. The number of hydrogen-bond acceptors (Lipinski definition) is 3. The van der Waals surface area contributed by atoms with E-state index in [4.69, 9.17) is 4.74 Å². The Balaban J connectivity index is 3.64. The molecule has 0 bridgehead atoms. The maximum Gasteiger partial charge on any atom is 0.420 e. The lowest BCUT2D eigenvalue weighted by atomic mass is 10.00. The second-order valence-corrected chi connectivity index (χ2v) is 3.51. The number of carbonyl (C=O) groups excluding carboxylic acids is 2. The van der Waals surface area contributed by atoms with Crippen LogP contribution in [0.1, 0.15) is 40.1 Å². The summed E-state index contributed by atoms with van der Waals surface area (Å²) in [6.07, 6.45) is -4.67. The molecule has 1 rings (SSSR count). The van der Waals surface area contributed by atoms with Crippen LogP contribution in [-0.4, -0.2) is 18.7 Å². The second kappa shape index (κ2) is 5.20. The third-order valence-corrected chi connectivity index (χ3v) is 2.27. The number of carbonyl (C=O) groups is 2. The minimum atomic E-state index is -4.76. The molecule has 0 aliphatic heterocycles. The van der Waals surface area contributed by atoms with Crippen LogP contribution in [-0.2, 0) is 6.18 Å². The van der Waals surface area contributed by atoms with E-state index in [1.165, 1.54) is 6.92 Å². The van der Waals surface area contributed by atoms with E-state index in [9.17, 15) is 22.8 Å². The van der Waals surface area contributed by atoms with E-state index in [1.807, 2.05) is 0 Å². The molecule has 18 heavy (non-hydrogen) atoms. The van der Waals surface area contributed by atoms with Gasteiger partial charge in [0, 0.05) is 5.56 Å². The molecule has 0 saturated carbocycles. The molecule has 0 saturated heterocycles. The van der Waals surface area contributed by atoms with E-state index in [0.29, 0.717) is 0 Å². The zero-order chi connectivity index (χ0) is 13.9. The minimum absolute atomic E-state index is 0.0360. The Labute approximate surface area is 102 Å². The highest BCUT2D eigenvalue weighted by molar-refractivity contribution is 5.98. The largest absolute Gasteiger partial charge is 0.492 e. The number of benzene rings is 1. The topological polar surface area (TPSA) is 43.4 Å². The molecule has 0 aliphatic rings. The molecule has 0 radical (unpaired) electrons. The molecule has 6 heteroatoms. The highest BCUT2D eigenvalue weighted by Gasteiger charge is 2.38. The Bertz CT molecular complexity index is 478. The highest BCUT2D eigenvalue weighted by Crippen LogP contribution is 2.40. The van der Waals surface area contributed by atoms with E-state index >= 15 is 0 Å². The van der Waals surface area contributed by atoms with Crippen molar-refractivity contribution >= 4 is 12.1 Å². The van der Waals surface area contributed by atoms with E-state index in [-0.39, 0.29) is 18.5 Å². The van der Waals surface area contributed by atoms with Crippen molar-refractivity contribution in [3.05, 3.63) is 28.8 Å². The fourth-order valence-corrected chi connectivity index (χ4v) is 1.56. The zero-order valence-corrected chi connectivity index (χ0v) is 9.80. The first-order chi connectivity index (χ1) is 8.32. The lowest BCUT2D eigenvalue weighted by Crippen LogP contribution is -2.15. The van der Waals surface area contributed by atoms with Crippen LogP contribution < -0.4 is 4.74 Å². The maximum absolute atomic E-state index is 12.9. The molecule has 0 spiro atoms. The summed E-state index contributed by atoms with van der Waals surface area (Å²) in [5.41, 5.74) is -1.93. The standard InChI is InChI=1S/C12H11F3O3/c1-3-18-11-9(7(2)17)5-4-8(6-16)10(11)12(13,14)15/h4-6H,3H2,1-2H3. The molecule has 1 aromatic carbocycles. The molecule has 0 N–H and O–H groups in total. The zero-order valence-electron chi connectivity index (χ0n) is 9.80. The normalized spacial score (nSPS) is 11.2. The quantitative estimate of drug-likeness (QED) is 0.617. The number of ether oxygens (including phenoxy) is 1. The number of halogens is 3. The molecular formula is C12H11F3O3. The van der Waals surface area contributed by atoms with Crippen LogP contribution in [0.25, 0.3) is 0 Å². The van der Waals surface area contributed by atoms with Gasteiger partial charge in [0.05, 0.1) is 12.2 Å². The molecule has 0 fully saturated rings. The predicted octanol–water partition coefficient (Wildman–Crippen LogP) is 3.12. The van der Waals surface area contributed by atoms with E-state index in [1.54, 1.807) is 0 Å². The molecule has 0 aromatic heterocycles. The van der Waals surface area contributed by atoms with Crippen LogP contribution in [0.4, 0.5) is 13.2 Å². The SMILES string of the molecule is CCOc1c(C(C)=O)ccc(C=O)c1C(F)(F)F. The summed E-state index contributed by atoms with van der Waals surface area (Å²) in [7, 11) is 0. The predicted molar refractivity (Wildman–Crippen MR) is 58.0 cm³/mol. The van der Waals surface area contributed by atoms with Gasteiger partial charge in [0.1, 0.15) is 11.3 Å². The minimum Gasteiger partial charge on any atom is -0.492 e. The Morgan fingerprint density at radius 3 is 2.39 bits per heavy atom. The number of hydrogen-bond donors (Lipinski definition) is 0. The van der Waals surface area contributed by atoms with Crippen LogP contribution in [0, 0.1) is 0 Å². The van der Waals surface area contributed by atoms with Gasteiger partial charge < -0.3 is 4.74 Å². The fourth-order valence-electron chi connectivity index (χ4n) is 1.56. The number of Topliss-reactive ketones (excluding diaryl/α,β-unsaturated/α-hetero) is 1. The smallest absolute Gasteiger partial charge is 0.420 e. The second-order valence-electron chi connectivity index (χ2n) is 3.51.